The van der Waals surface area contributed by atoms with E-state index in [2.05, 4.69) is 26.1 Å². The largest absolute Gasteiger partial charge is 0.478 e. The van der Waals surface area contributed by atoms with Crippen LogP contribution >= 0.6 is 0 Å². The van der Waals surface area contributed by atoms with Gasteiger partial charge in [-0.05, 0) is 68.0 Å². The molecule has 4 heteroatoms. The summed E-state index contributed by atoms with van der Waals surface area (Å²) >= 11 is 0. The second-order valence-electron chi connectivity index (χ2n) is 4.99. The molecule has 1 aromatic carbocycles. The lowest BCUT2D eigenvalue weighted by Gasteiger charge is -2.18. The molecule has 0 aliphatic rings. The smallest absolute Gasteiger partial charge is 0.328 e. The molecule has 0 heterocycles. The minimum atomic E-state index is -1.13. The van der Waals surface area contributed by atoms with Crippen molar-refractivity contribution in [1.82, 2.24) is 5.32 Å². The van der Waals surface area contributed by atoms with Gasteiger partial charge in [-0.3, -0.25) is 4.79 Å². The van der Waals surface area contributed by atoms with Crippen molar-refractivity contribution in [2.24, 2.45) is 0 Å². The Labute approximate surface area is 119 Å². The second kappa shape index (κ2) is 6.37. The summed E-state index contributed by atoms with van der Waals surface area (Å²) in [6.45, 7) is 10.7. The molecule has 108 valence electrons. The number of amides is 1. The lowest BCUT2D eigenvalue weighted by Crippen LogP contribution is -2.22. The molecule has 0 saturated carbocycles. The number of nitrogens with one attached hydrogen (secondary N) is 1. The molecule has 1 rings (SSSR count). The van der Waals surface area contributed by atoms with Gasteiger partial charge >= 0.3 is 5.97 Å². The van der Waals surface area contributed by atoms with Gasteiger partial charge in [-0.15, -0.1) is 0 Å². The first-order valence-electron chi connectivity index (χ1n) is 6.50. The summed E-state index contributed by atoms with van der Waals surface area (Å²) in [5.41, 5.74) is 7.20. The summed E-state index contributed by atoms with van der Waals surface area (Å²) in [5.74, 6) is -1.53. The molecule has 0 atom stereocenters. The number of hydrogen-bond acceptors (Lipinski definition) is 2. The van der Waals surface area contributed by atoms with E-state index in [9.17, 15) is 9.59 Å². The van der Waals surface area contributed by atoms with Crippen LogP contribution in [-0.4, -0.2) is 17.0 Å². The summed E-state index contributed by atoms with van der Waals surface area (Å²) in [5, 5.41) is 11.2. The van der Waals surface area contributed by atoms with Gasteiger partial charge in [-0.2, -0.15) is 0 Å². The van der Waals surface area contributed by atoms with E-state index >= 15 is 0 Å². The van der Waals surface area contributed by atoms with E-state index in [0.717, 1.165) is 17.7 Å². The van der Waals surface area contributed by atoms with Crippen LogP contribution in [0.1, 0.15) is 33.4 Å². The number of benzene rings is 1. The van der Waals surface area contributed by atoms with Gasteiger partial charge in [-0.25, -0.2) is 4.79 Å². The molecule has 0 aliphatic carbocycles. The minimum absolute atomic E-state index is 0.401. The average Bonchev–Trinajstić information content (AvgIpc) is 2.40. The van der Waals surface area contributed by atoms with Crippen molar-refractivity contribution in [3.8, 4) is 0 Å². The van der Waals surface area contributed by atoms with Crippen molar-refractivity contribution in [2.45, 2.75) is 41.2 Å². The predicted molar refractivity (Wildman–Crippen MR) is 78.7 cm³/mol. The van der Waals surface area contributed by atoms with Crippen LogP contribution in [0, 0.1) is 34.6 Å². The topological polar surface area (TPSA) is 66.4 Å². The Balaban J connectivity index is 2.94. The fourth-order valence-electron chi connectivity index (χ4n) is 2.22. The number of carbonyl (C=O) groups excluding carboxylic acids is 1. The maximum atomic E-state index is 11.5. The van der Waals surface area contributed by atoms with Gasteiger partial charge in [0.05, 0.1) is 0 Å². The number of rotatable bonds is 4. The normalized spacial score (nSPS) is 10.8. The molecule has 0 fully saturated rings. The Hall–Kier alpha value is -2.10. The Morgan fingerprint density at radius 2 is 1.35 bits per heavy atom. The molecule has 20 heavy (non-hydrogen) atoms. The number of carbonyl (C=O) groups is 2. The maximum Gasteiger partial charge on any atom is 0.328 e. The lowest BCUT2D eigenvalue weighted by atomic mass is 9.89. The Kier molecular flexibility index (Phi) is 5.08. The SMILES string of the molecule is Cc1c(C)c(C)c(CNC(=O)C=CC(=O)O)c(C)c1C. The van der Waals surface area contributed by atoms with Crippen LogP contribution in [0.3, 0.4) is 0 Å². The van der Waals surface area contributed by atoms with Gasteiger partial charge in [0.25, 0.3) is 0 Å². The van der Waals surface area contributed by atoms with Crippen LogP contribution in [0.2, 0.25) is 0 Å². The molecular weight excluding hydrogens is 254 g/mol. The second-order valence-corrected chi connectivity index (χ2v) is 4.99. The van der Waals surface area contributed by atoms with Gasteiger partial charge < -0.3 is 10.4 Å². The van der Waals surface area contributed by atoms with Crippen LogP contribution < -0.4 is 5.32 Å². The van der Waals surface area contributed by atoms with Crippen molar-refractivity contribution >= 4 is 11.9 Å². The summed E-state index contributed by atoms with van der Waals surface area (Å²) in [4.78, 5) is 21.9. The Morgan fingerprint density at radius 3 is 1.80 bits per heavy atom. The van der Waals surface area contributed by atoms with Crippen molar-refractivity contribution < 1.29 is 14.7 Å². The first-order chi connectivity index (χ1) is 9.25. The third-order valence-corrected chi connectivity index (χ3v) is 3.97. The molecule has 4 nitrogen and oxygen atoms in total. The van der Waals surface area contributed by atoms with Crippen molar-refractivity contribution in [3.63, 3.8) is 0 Å². The van der Waals surface area contributed by atoms with E-state index in [-0.39, 0.29) is 0 Å². The van der Waals surface area contributed by atoms with Gasteiger partial charge in [0, 0.05) is 18.7 Å². The van der Waals surface area contributed by atoms with E-state index in [4.69, 9.17) is 5.11 Å². The van der Waals surface area contributed by atoms with E-state index in [0.29, 0.717) is 6.54 Å². The number of carboxylic acid groups (broad SMARTS) is 1. The van der Waals surface area contributed by atoms with Gasteiger partial charge in [0.2, 0.25) is 5.91 Å². The van der Waals surface area contributed by atoms with Crippen LogP contribution in [-0.2, 0) is 16.1 Å². The highest BCUT2D eigenvalue weighted by molar-refractivity contribution is 5.93. The van der Waals surface area contributed by atoms with Crippen molar-refractivity contribution in [2.75, 3.05) is 0 Å². The molecule has 0 saturated heterocycles. The summed E-state index contributed by atoms with van der Waals surface area (Å²) in [6.07, 6.45) is 1.86. The van der Waals surface area contributed by atoms with Gasteiger partial charge in [0.15, 0.2) is 0 Å². The third kappa shape index (κ3) is 3.47. The molecule has 1 amide bonds. The summed E-state index contributed by atoms with van der Waals surface area (Å²) < 4.78 is 0. The number of aliphatic carboxylic acids is 1. The predicted octanol–water partition coefficient (Wildman–Crippen LogP) is 2.49. The zero-order valence-electron chi connectivity index (χ0n) is 12.6. The fraction of sp³-hybridized carbons (Fsp3) is 0.375. The molecule has 0 unspecified atom stereocenters. The molecule has 0 aliphatic heterocycles. The molecule has 0 aromatic heterocycles. The lowest BCUT2D eigenvalue weighted by molar-refractivity contribution is -0.131. The fourth-order valence-corrected chi connectivity index (χ4v) is 2.22. The van der Waals surface area contributed by atoms with Crippen LogP contribution in [0.4, 0.5) is 0 Å². The van der Waals surface area contributed by atoms with Gasteiger partial charge in [0.1, 0.15) is 0 Å². The quantitative estimate of drug-likeness (QED) is 0.830. The van der Waals surface area contributed by atoms with Gasteiger partial charge in [-0.1, -0.05) is 0 Å². The zero-order valence-corrected chi connectivity index (χ0v) is 12.6. The number of carboxylic acids is 1. The Morgan fingerprint density at radius 1 is 0.900 bits per heavy atom. The standard InChI is InChI=1S/C16H21NO3/c1-9-10(2)12(4)14(13(5)11(9)3)8-17-15(18)6-7-16(19)20/h6-7H,8H2,1-5H3,(H,17,18)(H,19,20). The zero-order chi connectivity index (χ0) is 15.4. The molecule has 0 bridgehead atoms. The maximum absolute atomic E-state index is 11.5. The molecule has 2 N–H and O–H groups in total. The van der Waals surface area contributed by atoms with Crippen LogP contribution in [0.25, 0.3) is 0 Å². The summed E-state index contributed by atoms with van der Waals surface area (Å²) in [6, 6.07) is 0. The molecule has 1 aromatic rings. The molecule has 0 spiro atoms. The van der Waals surface area contributed by atoms with Crippen molar-refractivity contribution in [3.05, 3.63) is 45.5 Å². The Bertz CT molecular complexity index is 557. The van der Waals surface area contributed by atoms with Crippen molar-refractivity contribution in [1.29, 1.82) is 0 Å². The third-order valence-electron chi connectivity index (χ3n) is 3.97. The van der Waals surface area contributed by atoms with E-state index < -0.39 is 11.9 Å². The molecular formula is C16H21NO3. The van der Waals surface area contributed by atoms with Crippen LogP contribution in [0.5, 0.6) is 0 Å². The first-order valence-corrected chi connectivity index (χ1v) is 6.50. The van der Waals surface area contributed by atoms with E-state index in [1.54, 1.807) is 0 Å². The highest BCUT2D eigenvalue weighted by atomic mass is 16.4. The highest BCUT2D eigenvalue weighted by Crippen LogP contribution is 2.25. The first kappa shape index (κ1) is 16.0. The van der Waals surface area contributed by atoms with E-state index in [1.807, 2.05) is 13.8 Å². The average molecular weight is 275 g/mol. The summed E-state index contributed by atoms with van der Waals surface area (Å²) in [7, 11) is 0. The highest BCUT2D eigenvalue weighted by Gasteiger charge is 2.12. The molecule has 0 radical (unpaired) electrons. The minimum Gasteiger partial charge on any atom is -0.478 e. The van der Waals surface area contributed by atoms with Crippen LogP contribution in [0.15, 0.2) is 12.2 Å². The number of hydrogen-bond donors (Lipinski definition) is 2. The van der Waals surface area contributed by atoms with E-state index in [1.165, 1.54) is 27.8 Å². The monoisotopic (exact) mass is 275 g/mol.